The molecule has 2 saturated heterocycles. The fraction of sp³-hybridized carbons (Fsp3) is 0.474. The van der Waals surface area contributed by atoms with Crippen molar-refractivity contribution in [2.24, 2.45) is 0 Å². The van der Waals surface area contributed by atoms with E-state index in [9.17, 15) is 8.42 Å². The summed E-state index contributed by atoms with van der Waals surface area (Å²) in [6.07, 6.45) is 4.60. The predicted octanol–water partition coefficient (Wildman–Crippen LogP) is 1.45. The second kappa shape index (κ2) is 7.42. The van der Waals surface area contributed by atoms with Crippen LogP contribution in [0.3, 0.4) is 0 Å². The van der Waals surface area contributed by atoms with Crippen molar-refractivity contribution >= 4 is 9.84 Å². The van der Waals surface area contributed by atoms with Crippen LogP contribution in [0.2, 0.25) is 0 Å². The topological polar surface area (TPSA) is 66.4 Å². The van der Waals surface area contributed by atoms with E-state index in [1.54, 1.807) is 0 Å². The molecule has 2 aliphatic rings. The van der Waals surface area contributed by atoms with E-state index >= 15 is 0 Å². The molecule has 6 nitrogen and oxygen atoms in total. The van der Waals surface area contributed by atoms with Crippen molar-refractivity contribution in [1.82, 2.24) is 19.8 Å². The van der Waals surface area contributed by atoms with Gasteiger partial charge < -0.3 is 0 Å². The maximum absolute atomic E-state index is 11.7. The van der Waals surface area contributed by atoms with E-state index < -0.39 is 9.84 Å². The van der Waals surface area contributed by atoms with Gasteiger partial charge in [0.05, 0.1) is 11.5 Å². The molecule has 2 aliphatic heterocycles. The number of benzene rings is 1. The summed E-state index contributed by atoms with van der Waals surface area (Å²) in [5.74, 6) is 1.44. The zero-order valence-corrected chi connectivity index (χ0v) is 15.6. The molecule has 0 saturated carbocycles. The number of hydrogen-bond acceptors (Lipinski definition) is 6. The van der Waals surface area contributed by atoms with Crippen LogP contribution in [0.15, 0.2) is 42.7 Å². The minimum Gasteiger partial charge on any atom is -0.297 e. The normalized spacial score (nSPS) is 23.9. The van der Waals surface area contributed by atoms with Gasteiger partial charge in [-0.1, -0.05) is 30.3 Å². The molecular formula is C19H24N4O2S. The van der Waals surface area contributed by atoms with Gasteiger partial charge in [-0.15, -0.1) is 0 Å². The van der Waals surface area contributed by atoms with Crippen LogP contribution < -0.4 is 0 Å². The van der Waals surface area contributed by atoms with Crippen LogP contribution in [0.1, 0.15) is 12.0 Å². The Morgan fingerprint density at radius 1 is 1.00 bits per heavy atom. The van der Waals surface area contributed by atoms with Gasteiger partial charge in [0, 0.05) is 62.3 Å². The fourth-order valence-corrected chi connectivity index (χ4v) is 5.54. The molecule has 1 aromatic carbocycles. The van der Waals surface area contributed by atoms with Crippen molar-refractivity contribution in [3.63, 3.8) is 0 Å². The van der Waals surface area contributed by atoms with E-state index in [4.69, 9.17) is 0 Å². The third-order valence-corrected chi connectivity index (χ3v) is 7.03. The Labute approximate surface area is 154 Å². The molecule has 0 aliphatic carbocycles. The third-order valence-electron chi connectivity index (χ3n) is 5.28. The van der Waals surface area contributed by atoms with Crippen LogP contribution in [0.4, 0.5) is 0 Å². The lowest BCUT2D eigenvalue weighted by Gasteiger charge is -2.37. The maximum Gasteiger partial charge on any atom is 0.159 e. The molecule has 138 valence electrons. The molecule has 0 N–H and O–H groups in total. The molecule has 0 amide bonds. The lowest BCUT2D eigenvalue weighted by atomic mass is 10.2. The quantitative estimate of drug-likeness (QED) is 0.809. The van der Waals surface area contributed by atoms with Gasteiger partial charge in [-0.2, -0.15) is 0 Å². The lowest BCUT2D eigenvalue weighted by Crippen LogP contribution is -2.50. The highest BCUT2D eigenvalue weighted by atomic mass is 32.2. The second-order valence-electron chi connectivity index (χ2n) is 7.15. The zero-order chi connectivity index (χ0) is 18.0. The van der Waals surface area contributed by atoms with Crippen LogP contribution in [0, 0.1) is 0 Å². The van der Waals surface area contributed by atoms with E-state index in [0.717, 1.165) is 56.1 Å². The summed E-state index contributed by atoms with van der Waals surface area (Å²) in [6, 6.07) is 10.2. The monoisotopic (exact) mass is 372 g/mol. The zero-order valence-electron chi connectivity index (χ0n) is 14.8. The average Bonchev–Trinajstić information content (AvgIpc) is 3.04. The van der Waals surface area contributed by atoms with Crippen molar-refractivity contribution in [2.75, 3.05) is 37.7 Å². The lowest BCUT2D eigenvalue weighted by molar-refractivity contribution is 0.0999. The van der Waals surface area contributed by atoms with E-state index in [0.29, 0.717) is 11.5 Å². The Balaban J connectivity index is 1.31. The largest absolute Gasteiger partial charge is 0.297 e. The first-order valence-electron chi connectivity index (χ1n) is 9.12. The fourth-order valence-electron chi connectivity index (χ4n) is 3.78. The van der Waals surface area contributed by atoms with Gasteiger partial charge in [-0.25, -0.2) is 18.4 Å². The first kappa shape index (κ1) is 17.6. The maximum atomic E-state index is 11.7. The standard InChI is InChI=1S/C19H24N4O2S/c24-26(25)11-6-18(15-26)23-9-7-22(8-10-23)14-16-12-20-19(21-13-16)17-4-2-1-3-5-17/h1-5,12-13,18H,6-11,14-15H2. The van der Waals surface area contributed by atoms with E-state index in [2.05, 4.69) is 19.8 Å². The van der Waals surface area contributed by atoms with Crippen molar-refractivity contribution in [3.05, 3.63) is 48.3 Å². The number of aromatic nitrogens is 2. The number of piperazine rings is 1. The second-order valence-corrected chi connectivity index (χ2v) is 9.38. The highest BCUT2D eigenvalue weighted by Crippen LogP contribution is 2.20. The number of nitrogens with zero attached hydrogens (tertiary/aromatic N) is 4. The van der Waals surface area contributed by atoms with Gasteiger partial charge >= 0.3 is 0 Å². The molecule has 1 unspecified atom stereocenters. The predicted molar refractivity (Wildman–Crippen MR) is 101 cm³/mol. The molecule has 3 heterocycles. The Morgan fingerprint density at radius 3 is 2.31 bits per heavy atom. The summed E-state index contributed by atoms with van der Waals surface area (Å²) in [4.78, 5) is 13.7. The SMILES string of the molecule is O=S1(=O)CCC(N2CCN(Cc3cnc(-c4ccccc4)nc3)CC2)C1. The molecule has 2 aromatic rings. The van der Waals surface area contributed by atoms with Crippen LogP contribution in [0.25, 0.3) is 11.4 Å². The highest BCUT2D eigenvalue weighted by Gasteiger charge is 2.33. The molecule has 0 radical (unpaired) electrons. The first-order valence-corrected chi connectivity index (χ1v) is 10.9. The van der Waals surface area contributed by atoms with Crippen molar-refractivity contribution < 1.29 is 8.42 Å². The van der Waals surface area contributed by atoms with E-state index in [1.807, 2.05) is 42.7 Å². The summed E-state index contributed by atoms with van der Waals surface area (Å²) in [5, 5.41) is 0. The number of sulfone groups is 1. The van der Waals surface area contributed by atoms with Crippen LogP contribution in [-0.4, -0.2) is 71.9 Å². The first-order chi connectivity index (χ1) is 12.6. The molecule has 4 rings (SSSR count). The summed E-state index contributed by atoms with van der Waals surface area (Å²) in [7, 11) is -2.81. The van der Waals surface area contributed by atoms with Gasteiger partial charge in [0.2, 0.25) is 0 Å². The molecule has 1 atom stereocenters. The van der Waals surface area contributed by atoms with Gasteiger partial charge in [-0.3, -0.25) is 9.80 Å². The Kier molecular flexibility index (Phi) is 5.02. The van der Waals surface area contributed by atoms with Gasteiger partial charge in [0.25, 0.3) is 0 Å². The minimum absolute atomic E-state index is 0.218. The van der Waals surface area contributed by atoms with Crippen molar-refractivity contribution in [3.8, 4) is 11.4 Å². The van der Waals surface area contributed by atoms with Crippen LogP contribution >= 0.6 is 0 Å². The van der Waals surface area contributed by atoms with Crippen molar-refractivity contribution in [1.29, 1.82) is 0 Å². The molecule has 0 spiro atoms. The third kappa shape index (κ3) is 4.11. The minimum atomic E-state index is -2.81. The van der Waals surface area contributed by atoms with Crippen LogP contribution in [0.5, 0.6) is 0 Å². The molecular weight excluding hydrogens is 348 g/mol. The van der Waals surface area contributed by atoms with Gasteiger partial charge in [0.1, 0.15) is 0 Å². The van der Waals surface area contributed by atoms with Crippen molar-refractivity contribution in [2.45, 2.75) is 19.0 Å². The summed E-state index contributed by atoms with van der Waals surface area (Å²) in [6.45, 7) is 4.62. The summed E-state index contributed by atoms with van der Waals surface area (Å²) in [5.41, 5.74) is 2.14. The van der Waals surface area contributed by atoms with Gasteiger partial charge in [-0.05, 0) is 6.42 Å². The van der Waals surface area contributed by atoms with Gasteiger partial charge in [0.15, 0.2) is 15.7 Å². The Morgan fingerprint density at radius 2 is 1.69 bits per heavy atom. The van der Waals surface area contributed by atoms with Crippen LogP contribution in [-0.2, 0) is 16.4 Å². The number of rotatable bonds is 4. The van der Waals surface area contributed by atoms with E-state index in [-0.39, 0.29) is 6.04 Å². The molecule has 26 heavy (non-hydrogen) atoms. The molecule has 1 aromatic heterocycles. The molecule has 7 heteroatoms. The number of hydrogen-bond donors (Lipinski definition) is 0. The highest BCUT2D eigenvalue weighted by molar-refractivity contribution is 7.91. The van der Waals surface area contributed by atoms with E-state index in [1.165, 1.54) is 0 Å². The molecule has 2 fully saturated rings. The summed E-state index contributed by atoms with van der Waals surface area (Å²) < 4.78 is 23.3. The smallest absolute Gasteiger partial charge is 0.159 e. The average molecular weight is 372 g/mol. The molecule has 0 bridgehead atoms. The summed E-state index contributed by atoms with van der Waals surface area (Å²) >= 11 is 0. The Hall–Kier alpha value is -1.83. The Bertz CT molecular complexity index is 832.